The molecule has 1 fully saturated rings. The van der Waals surface area contributed by atoms with Crippen molar-refractivity contribution < 1.29 is 14.3 Å². The normalized spacial score (nSPS) is 14.9. The van der Waals surface area contributed by atoms with Crippen molar-refractivity contribution in [3.63, 3.8) is 0 Å². The van der Waals surface area contributed by atoms with Crippen LogP contribution in [0, 0.1) is 17.7 Å². The van der Waals surface area contributed by atoms with Crippen LogP contribution in [0.5, 0.6) is 0 Å². The average Bonchev–Trinajstić information content (AvgIpc) is 2.45. The molecule has 1 aliphatic rings. The summed E-state index contributed by atoms with van der Waals surface area (Å²) >= 11 is 0. The molecule has 106 valence electrons. The monoisotopic (exact) mass is 275 g/mol. The zero-order chi connectivity index (χ0) is 14.4. The number of piperidine rings is 1. The van der Waals surface area contributed by atoms with Gasteiger partial charge in [0.05, 0.1) is 12.2 Å². The summed E-state index contributed by atoms with van der Waals surface area (Å²) in [7, 11) is 0. The fourth-order valence-electron chi connectivity index (χ4n) is 2.23. The zero-order valence-electron chi connectivity index (χ0n) is 11.4. The summed E-state index contributed by atoms with van der Waals surface area (Å²) in [5.41, 5.74) is 1.20. The lowest BCUT2D eigenvalue weighted by Gasteiger charge is -2.26. The first-order valence-corrected chi connectivity index (χ1v) is 6.86. The van der Waals surface area contributed by atoms with Crippen molar-refractivity contribution in [3.8, 4) is 11.8 Å². The number of carbonyl (C=O) groups excluding carboxylic acids is 1. The molecular weight excluding hydrogens is 257 g/mol. The van der Waals surface area contributed by atoms with Crippen molar-refractivity contribution in [2.45, 2.75) is 32.2 Å². The van der Waals surface area contributed by atoms with Crippen molar-refractivity contribution in [2.24, 2.45) is 0 Å². The van der Waals surface area contributed by atoms with Gasteiger partial charge in [-0.25, -0.2) is 4.39 Å². The Balaban J connectivity index is 2.11. The number of likely N-dealkylation sites (tertiary alicyclic amines) is 1. The van der Waals surface area contributed by atoms with Crippen LogP contribution in [0.2, 0.25) is 0 Å². The molecule has 1 heterocycles. The van der Waals surface area contributed by atoms with Gasteiger partial charge in [-0.3, -0.25) is 4.79 Å². The van der Waals surface area contributed by atoms with E-state index in [-0.39, 0.29) is 18.3 Å². The van der Waals surface area contributed by atoms with E-state index in [0.29, 0.717) is 24.9 Å². The molecule has 0 saturated carbocycles. The minimum Gasteiger partial charge on any atom is -0.395 e. The highest BCUT2D eigenvalue weighted by atomic mass is 19.1. The third kappa shape index (κ3) is 3.82. The second-order valence-corrected chi connectivity index (χ2v) is 4.86. The van der Waals surface area contributed by atoms with Crippen LogP contribution in [-0.2, 0) is 11.3 Å². The summed E-state index contributed by atoms with van der Waals surface area (Å²) in [6.07, 6.45) is 2.91. The predicted molar refractivity (Wildman–Crippen MR) is 74.2 cm³/mol. The molecule has 20 heavy (non-hydrogen) atoms. The van der Waals surface area contributed by atoms with Crippen molar-refractivity contribution in [3.05, 3.63) is 35.1 Å². The molecule has 1 aromatic rings. The van der Waals surface area contributed by atoms with Gasteiger partial charge in [-0.15, -0.1) is 0 Å². The lowest BCUT2D eigenvalue weighted by atomic mass is 10.1. The van der Waals surface area contributed by atoms with Gasteiger partial charge in [-0.2, -0.15) is 0 Å². The number of halogens is 1. The van der Waals surface area contributed by atoms with Gasteiger partial charge in [0.1, 0.15) is 5.82 Å². The summed E-state index contributed by atoms with van der Waals surface area (Å²) in [5, 5.41) is 8.67. The van der Waals surface area contributed by atoms with Gasteiger partial charge in [0.15, 0.2) is 0 Å². The van der Waals surface area contributed by atoms with Crippen molar-refractivity contribution in [2.75, 3.05) is 13.2 Å². The minimum atomic E-state index is -0.371. The van der Waals surface area contributed by atoms with Gasteiger partial charge < -0.3 is 10.0 Å². The highest BCUT2D eigenvalue weighted by molar-refractivity contribution is 5.76. The first kappa shape index (κ1) is 14.5. The van der Waals surface area contributed by atoms with Crippen LogP contribution < -0.4 is 0 Å². The van der Waals surface area contributed by atoms with E-state index in [1.54, 1.807) is 12.1 Å². The quantitative estimate of drug-likeness (QED) is 0.858. The molecule has 1 saturated heterocycles. The SMILES string of the molecule is O=C1CCCCN1Cc1ccc(F)c(C#CCCO)c1. The zero-order valence-corrected chi connectivity index (χ0v) is 11.4. The summed E-state index contributed by atoms with van der Waals surface area (Å²) in [6, 6.07) is 4.75. The van der Waals surface area contributed by atoms with Gasteiger partial charge >= 0.3 is 0 Å². The number of aliphatic hydroxyl groups excluding tert-OH is 1. The van der Waals surface area contributed by atoms with E-state index in [2.05, 4.69) is 11.8 Å². The molecule has 0 unspecified atom stereocenters. The standard InChI is InChI=1S/C16H18FNO2/c17-15-8-7-13(11-14(15)5-2-4-10-19)12-18-9-3-1-6-16(18)20/h7-8,11,19H,1,3-4,6,9-10,12H2. The second-order valence-electron chi connectivity index (χ2n) is 4.86. The van der Waals surface area contributed by atoms with E-state index in [9.17, 15) is 9.18 Å². The number of rotatable bonds is 3. The van der Waals surface area contributed by atoms with E-state index in [4.69, 9.17) is 5.11 Å². The minimum absolute atomic E-state index is 0.0312. The molecular formula is C16H18FNO2. The van der Waals surface area contributed by atoms with E-state index in [0.717, 1.165) is 24.9 Å². The Morgan fingerprint density at radius 2 is 2.20 bits per heavy atom. The summed E-state index contributed by atoms with van der Waals surface area (Å²) in [4.78, 5) is 13.6. The van der Waals surface area contributed by atoms with Gasteiger partial charge in [-0.1, -0.05) is 17.9 Å². The maximum Gasteiger partial charge on any atom is 0.222 e. The fourth-order valence-corrected chi connectivity index (χ4v) is 2.23. The molecule has 0 spiro atoms. The number of nitrogens with zero attached hydrogens (tertiary/aromatic N) is 1. The summed E-state index contributed by atoms with van der Waals surface area (Å²) in [6.45, 7) is 1.24. The summed E-state index contributed by atoms with van der Waals surface area (Å²) in [5.74, 6) is 5.22. The molecule has 4 heteroatoms. The molecule has 0 aromatic heterocycles. The molecule has 0 bridgehead atoms. The molecule has 3 nitrogen and oxygen atoms in total. The van der Waals surface area contributed by atoms with Crippen molar-refractivity contribution in [1.82, 2.24) is 4.90 Å². The molecule has 0 aliphatic carbocycles. The lowest BCUT2D eigenvalue weighted by molar-refractivity contribution is -0.133. The number of hydrogen-bond donors (Lipinski definition) is 1. The number of amides is 1. The number of hydrogen-bond acceptors (Lipinski definition) is 2. The number of benzene rings is 1. The Morgan fingerprint density at radius 3 is 2.95 bits per heavy atom. The Kier molecular flexibility index (Phi) is 5.14. The first-order valence-electron chi connectivity index (χ1n) is 6.86. The smallest absolute Gasteiger partial charge is 0.222 e. The topological polar surface area (TPSA) is 40.5 Å². The van der Waals surface area contributed by atoms with E-state index in [1.807, 2.05) is 4.90 Å². The lowest BCUT2D eigenvalue weighted by Crippen LogP contribution is -2.34. The van der Waals surface area contributed by atoms with Crippen LogP contribution in [0.1, 0.15) is 36.8 Å². The molecule has 0 radical (unpaired) electrons. The Morgan fingerprint density at radius 1 is 1.35 bits per heavy atom. The van der Waals surface area contributed by atoms with Gasteiger partial charge in [0.25, 0.3) is 0 Å². The number of carbonyl (C=O) groups is 1. The van der Waals surface area contributed by atoms with Gasteiger partial charge in [0.2, 0.25) is 5.91 Å². The highest BCUT2D eigenvalue weighted by Crippen LogP contribution is 2.16. The third-order valence-corrected chi connectivity index (χ3v) is 3.29. The van der Waals surface area contributed by atoms with E-state index in [1.165, 1.54) is 6.07 Å². The van der Waals surface area contributed by atoms with E-state index < -0.39 is 0 Å². The van der Waals surface area contributed by atoms with Crippen molar-refractivity contribution in [1.29, 1.82) is 0 Å². The molecule has 1 aliphatic heterocycles. The fraction of sp³-hybridized carbons (Fsp3) is 0.438. The maximum absolute atomic E-state index is 13.6. The molecule has 1 amide bonds. The molecule has 1 aromatic carbocycles. The average molecular weight is 275 g/mol. The maximum atomic E-state index is 13.6. The highest BCUT2D eigenvalue weighted by Gasteiger charge is 2.18. The Bertz CT molecular complexity index is 545. The first-order chi connectivity index (χ1) is 9.70. The summed E-state index contributed by atoms with van der Waals surface area (Å²) < 4.78 is 13.6. The van der Waals surface area contributed by atoms with Gasteiger partial charge in [0, 0.05) is 25.9 Å². The van der Waals surface area contributed by atoms with Crippen molar-refractivity contribution >= 4 is 5.91 Å². The largest absolute Gasteiger partial charge is 0.395 e. The number of aliphatic hydroxyl groups is 1. The molecule has 0 atom stereocenters. The Labute approximate surface area is 118 Å². The van der Waals surface area contributed by atoms with Crippen LogP contribution in [0.15, 0.2) is 18.2 Å². The van der Waals surface area contributed by atoms with E-state index >= 15 is 0 Å². The van der Waals surface area contributed by atoms with Crippen LogP contribution in [0.4, 0.5) is 4.39 Å². The van der Waals surface area contributed by atoms with Crippen LogP contribution >= 0.6 is 0 Å². The molecule has 1 N–H and O–H groups in total. The van der Waals surface area contributed by atoms with Gasteiger partial charge in [-0.05, 0) is 30.5 Å². The Hall–Kier alpha value is -1.86. The van der Waals surface area contributed by atoms with Crippen LogP contribution in [0.3, 0.4) is 0 Å². The van der Waals surface area contributed by atoms with Crippen LogP contribution in [0.25, 0.3) is 0 Å². The predicted octanol–water partition coefficient (Wildman–Crippen LogP) is 2.07. The molecule has 2 rings (SSSR count). The third-order valence-electron chi connectivity index (χ3n) is 3.29. The van der Waals surface area contributed by atoms with Crippen LogP contribution in [-0.4, -0.2) is 29.1 Å². The second kappa shape index (κ2) is 7.06.